The summed E-state index contributed by atoms with van der Waals surface area (Å²) in [4.78, 5) is 1.03. The molecule has 3 N–H and O–H groups in total. The van der Waals surface area contributed by atoms with Crippen LogP contribution in [-0.4, -0.2) is 22.6 Å². The number of hydrazine groups is 1. The first-order chi connectivity index (χ1) is 10.2. The zero-order valence-corrected chi connectivity index (χ0v) is 13.6. The lowest BCUT2D eigenvalue weighted by molar-refractivity contribution is 0.397. The van der Waals surface area contributed by atoms with Gasteiger partial charge in [-0.25, -0.2) is 0 Å². The molecule has 0 bridgehead atoms. The molecule has 1 aromatic heterocycles. The molecule has 0 aliphatic rings. The third-order valence-electron chi connectivity index (χ3n) is 3.14. The van der Waals surface area contributed by atoms with Crippen molar-refractivity contribution in [2.75, 3.05) is 12.9 Å². The van der Waals surface area contributed by atoms with Crippen LogP contribution in [0, 0.1) is 0 Å². The van der Waals surface area contributed by atoms with Crippen LogP contribution in [0.4, 0.5) is 0 Å². The summed E-state index contributed by atoms with van der Waals surface area (Å²) >= 11 is 7.82. The molecule has 0 aliphatic heterocycles. The summed E-state index contributed by atoms with van der Waals surface area (Å²) in [7, 11) is 1.63. The molecule has 5 nitrogen and oxygen atoms in total. The van der Waals surface area contributed by atoms with Gasteiger partial charge in [0.15, 0.2) is 5.75 Å². The Bertz CT molecular complexity index is 569. The second-order valence-electron chi connectivity index (χ2n) is 4.37. The van der Waals surface area contributed by atoms with Crippen molar-refractivity contribution in [2.45, 2.75) is 24.4 Å². The molecule has 21 heavy (non-hydrogen) atoms. The van der Waals surface area contributed by atoms with E-state index >= 15 is 0 Å². The van der Waals surface area contributed by atoms with Crippen molar-refractivity contribution >= 4 is 23.4 Å². The average molecular weight is 327 g/mol. The van der Waals surface area contributed by atoms with Crippen molar-refractivity contribution in [1.29, 1.82) is 0 Å². The highest BCUT2D eigenvalue weighted by molar-refractivity contribution is 7.99. The van der Waals surface area contributed by atoms with E-state index in [9.17, 15) is 0 Å². The number of aromatic nitrogens is 2. The molecule has 0 spiro atoms. The first-order valence-corrected chi connectivity index (χ1v) is 8.00. The van der Waals surface area contributed by atoms with Crippen LogP contribution in [-0.2, 0) is 6.54 Å². The number of halogens is 1. The average Bonchev–Trinajstić information content (AvgIpc) is 2.92. The third kappa shape index (κ3) is 3.71. The number of thioether (sulfide) groups is 1. The Morgan fingerprint density at radius 3 is 2.86 bits per heavy atom. The maximum atomic E-state index is 6.18. The van der Waals surface area contributed by atoms with Crippen LogP contribution < -0.4 is 16.0 Å². The second kappa shape index (κ2) is 7.70. The van der Waals surface area contributed by atoms with Gasteiger partial charge in [0.2, 0.25) is 0 Å². The largest absolute Gasteiger partial charge is 0.493 e. The number of nitrogens with zero attached hydrogens (tertiary/aromatic N) is 2. The summed E-state index contributed by atoms with van der Waals surface area (Å²) in [6.07, 6.45) is 1.71. The summed E-state index contributed by atoms with van der Waals surface area (Å²) in [5.74, 6) is 7.18. The first-order valence-electron chi connectivity index (χ1n) is 6.64. The van der Waals surface area contributed by atoms with Gasteiger partial charge in [0.05, 0.1) is 30.1 Å². The lowest BCUT2D eigenvalue weighted by Gasteiger charge is -2.18. The molecular formula is C14H19ClN4OS. The Balaban J connectivity index is 2.17. The number of ether oxygens (including phenoxy) is 1. The van der Waals surface area contributed by atoms with Gasteiger partial charge in [0.25, 0.3) is 0 Å². The monoisotopic (exact) mass is 326 g/mol. The van der Waals surface area contributed by atoms with Gasteiger partial charge in [-0.05, 0) is 19.1 Å². The van der Waals surface area contributed by atoms with Gasteiger partial charge in [0.1, 0.15) is 0 Å². The quantitative estimate of drug-likeness (QED) is 0.465. The Morgan fingerprint density at radius 2 is 2.24 bits per heavy atom. The van der Waals surface area contributed by atoms with Gasteiger partial charge < -0.3 is 4.74 Å². The predicted octanol–water partition coefficient (Wildman–Crippen LogP) is 2.86. The zero-order chi connectivity index (χ0) is 15.2. The van der Waals surface area contributed by atoms with E-state index in [1.807, 2.05) is 35.9 Å². The van der Waals surface area contributed by atoms with Gasteiger partial charge in [-0.1, -0.05) is 23.7 Å². The number of hydrogen-bond donors (Lipinski definition) is 2. The fourth-order valence-corrected chi connectivity index (χ4v) is 3.36. The number of rotatable bonds is 7. The van der Waals surface area contributed by atoms with Crippen molar-refractivity contribution in [3.63, 3.8) is 0 Å². The molecule has 1 aromatic carbocycles. The summed E-state index contributed by atoms with van der Waals surface area (Å²) in [5, 5.41) is 5.05. The Morgan fingerprint density at radius 1 is 1.48 bits per heavy atom. The highest BCUT2D eigenvalue weighted by Gasteiger charge is 2.21. The molecule has 0 radical (unpaired) electrons. The highest BCUT2D eigenvalue weighted by Crippen LogP contribution is 2.32. The number of nitrogens with two attached hydrogens (primary N) is 1. The van der Waals surface area contributed by atoms with E-state index in [4.69, 9.17) is 22.2 Å². The third-order valence-corrected chi connectivity index (χ3v) is 4.75. The molecule has 2 aromatic rings. The van der Waals surface area contributed by atoms with E-state index in [-0.39, 0.29) is 6.04 Å². The van der Waals surface area contributed by atoms with Crippen molar-refractivity contribution in [1.82, 2.24) is 15.2 Å². The van der Waals surface area contributed by atoms with Crippen LogP contribution in [0.15, 0.2) is 35.4 Å². The van der Waals surface area contributed by atoms with Crippen molar-refractivity contribution in [3.8, 4) is 5.75 Å². The smallest absolute Gasteiger partial charge is 0.161 e. The van der Waals surface area contributed by atoms with Gasteiger partial charge in [-0.15, -0.1) is 11.8 Å². The molecule has 0 fully saturated rings. The molecule has 114 valence electrons. The lowest BCUT2D eigenvalue weighted by atomic mass is 10.2. The maximum Gasteiger partial charge on any atom is 0.161 e. The number of benzene rings is 1. The van der Waals surface area contributed by atoms with Crippen molar-refractivity contribution in [3.05, 3.63) is 41.2 Å². The standard InChI is InChI=1S/C14H19ClN4OS/c1-3-19-14(12(20-2)8-17-19)11(18-16)9-21-13-7-5-4-6-10(13)15/h4-8,11,18H,3,9,16H2,1-2H3. The number of nitrogens with one attached hydrogen (secondary N) is 1. The van der Waals surface area contributed by atoms with E-state index in [0.29, 0.717) is 0 Å². The molecule has 1 heterocycles. The number of methoxy groups -OCH3 is 1. The maximum absolute atomic E-state index is 6.18. The highest BCUT2D eigenvalue weighted by atomic mass is 35.5. The Kier molecular flexibility index (Phi) is 5.93. The summed E-state index contributed by atoms with van der Waals surface area (Å²) in [6, 6.07) is 7.68. The van der Waals surface area contributed by atoms with Crippen LogP contribution in [0.25, 0.3) is 0 Å². The summed E-state index contributed by atoms with van der Waals surface area (Å²) < 4.78 is 7.26. The van der Waals surface area contributed by atoms with Gasteiger partial charge in [-0.2, -0.15) is 5.10 Å². The SMILES string of the molecule is CCn1ncc(OC)c1C(CSc1ccccc1Cl)NN. The minimum Gasteiger partial charge on any atom is -0.493 e. The van der Waals surface area contributed by atoms with Crippen molar-refractivity contribution < 1.29 is 4.74 Å². The molecule has 0 saturated carbocycles. The molecule has 2 rings (SSSR count). The molecular weight excluding hydrogens is 308 g/mol. The Hall–Kier alpha value is -1.21. The van der Waals surface area contributed by atoms with Crippen LogP contribution in [0.5, 0.6) is 5.75 Å². The van der Waals surface area contributed by atoms with Crippen LogP contribution in [0.2, 0.25) is 5.02 Å². The molecule has 1 unspecified atom stereocenters. The first kappa shape index (κ1) is 16.2. The fourth-order valence-electron chi connectivity index (χ4n) is 2.08. The van der Waals surface area contributed by atoms with Crippen LogP contribution in [0.3, 0.4) is 0 Å². The zero-order valence-electron chi connectivity index (χ0n) is 12.0. The second-order valence-corrected chi connectivity index (χ2v) is 5.84. The minimum absolute atomic E-state index is 0.0799. The van der Waals surface area contributed by atoms with E-state index in [1.165, 1.54) is 0 Å². The fraction of sp³-hybridized carbons (Fsp3) is 0.357. The predicted molar refractivity (Wildman–Crippen MR) is 86.7 cm³/mol. The van der Waals surface area contributed by atoms with Crippen LogP contribution in [0.1, 0.15) is 18.7 Å². The van der Waals surface area contributed by atoms with E-state index in [2.05, 4.69) is 10.5 Å². The summed E-state index contributed by atoms with van der Waals surface area (Å²) in [5.41, 5.74) is 3.79. The van der Waals surface area contributed by atoms with E-state index in [0.717, 1.165) is 33.7 Å². The molecule has 1 atom stereocenters. The Labute approximate surface area is 133 Å². The molecule has 0 saturated heterocycles. The van der Waals surface area contributed by atoms with Gasteiger partial charge in [-0.3, -0.25) is 16.0 Å². The summed E-state index contributed by atoms with van der Waals surface area (Å²) in [6.45, 7) is 2.79. The lowest BCUT2D eigenvalue weighted by Crippen LogP contribution is -2.31. The molecule has 0 amide bonds. The van der Waals surface area contributed by atoms with Crippen molar-refractivity contribution in [2.24, 2.45) is 5.84 Å². The van der Waals surface area contributed by atoms with E-state index < -0.39 is 0 Å². The van der Waals surface area contributed by atoms with Gasteiger partial charge >= 0.3 is 0 Å². The van der Waals surface area contributed by atoms with Gasteiger partial charge in [0, 0.05) is 17.2 Å². The number of aryl methyl sites for hydroxylation is 1. The van der Waals surface area contributed by atoms with Crippen LogP contribution >= 0.6 is 23.4 Å². The van der Waals surface area contributed by atoms with E-state index in [1.54, 1.807) is 25.1 Å². The normalized spacial score (nSPS) is 12.4. The molecule has 7 heteroatoms. The number of hydrogen-bond acceptors (Lipinski definition) is 5. The molecule has 0 aliphatic carbocycles. The topological polar surface area (TPSA) is 65.1 Å². The minimum atomic E-state index is -0.0799.